The molecule has 0 amide bonds. The first-order chi connectivity index (χ1) is 7.88. The molecular weight excluding hydrogens is 264 g/mol. The molecule has 0 spiro atoms. The zero-order valence-electron chi connectivity index (χ0n) is 9.68. The number of nitrogens with two attached hydrogens (primary N) is 1. The predicted molar refractivity (Wildman–Crippen MR) is 69.9 cm³/mol. The molecule has 0 fully saturated rings. The number of methoxy groups -OCH3 is 1. The molecule has 0 heterocycles. The molecular formula is C10H15ClN2O3S. The minimum absolute atomic E-state index is 0.105. The average molecular weight is 279 g/mol. The van der Waals surface area contributed by atoms with Crippen LogP contribution in [-0.2, 0) is 14.8 Å². The van der Waals surface area contributed by atoms with Gasteiger partial charge >= 0.3 is 0 Å². The van der Waals surface area contributed by atoms with E-state index in [0.717, 1.165) is 4.31 Å². The quantitative estimate of drug-likeness (QED) is 0.825. The van der Waals surface area contributed by atoms with Gasteiger partial charge in [0, 0.05) is 19.2 Å². The van der Waals surface area contributed by atoms with E-state index < -0.39 is 10.0 Å². The Morgan fingerprint density at radius 3 is 2.71 bits per heavy atom. The average Bonchev–Trinajstić information content (AvgIpc) is 2.29. The lowest BCUT2D eigenvalue weighted by atomic mass is 10.3. The van der Waals surface area contributed by atoms with Gasteiger partial charge in [-0.1, -0.05) is 11.6 Å². The van der Waals surface area contributed by atoms with E-state index in [4.69, 9.17) is 22.1 Å². The summed E-state index contributed by atoms with van der Waals surface area (Å²) in [6.07, 6.45) is 0. The molecule has 0 aliphatic rings. The van der Waals surface area contributed by atoms with E-state index in [0.29, 0.717) is 16.4 Å². The van der Waals surface area contributed by atoms with Crippen molar-refractivity contribution < 1.29 is 13.2 Å². The van der Waals surface area contributed by atoms with Gasteiger partial charge in [0.25, 0.3) is 0 Å². The van der Waals surface area contributed by atoms with Gasteiger partial charge in [0.05, 0.1) is 23.7 Å². The molecule has 2 N–H and O–H groups in total. The van der Waals surface area contributed by atoms with Gasteiger partial charge in [-0.25, -0.2) is 8.42 Å². The number of rotatable bonds is 5. The molecule has 0 bridgehead atoms. The van der Waals surface area contributed by atoms with Crippen molar-refractivity contribution in [2.75, 3.05) is 36.6 Å². The highest BCUT2D eigenvalue weighted by Crippen LogP contribution is 2.27. The van der Waals surface area contributed by atoms with E-state index in [1.807, 2.05) is 0 Å². The molecule has 0 saturated carbocycles. The lowest BCUT2D eigenvalue weighted by Crippen LogP contribution is -2.31. The second-order valence-electron chi connectivity index (χ2n) is 3.48. The van der Waals surface area contributed by atoms with E-state index in [9.17, 15) is 8.42 Å². The topological polar surface area (TPSA) is 72.6 Å². The molecule has 0 aliphatic heterocycles. The van der Waals surface area contributed by atoms with Crippen LogP contribution in [0.1, 0.15) is 0 Å². The number of hydrogen-bond donors (Lipinski definition) is 1. The fourth-order valence-corrected chi connectivity index (χ4v) is 2.54. The maximum absolute atomic E-state index is 11.9. The van der Waals surface area contributed by atoms with E-state index >= 15 is 0 Å². The summed E-state index contributed by atoms with van der Waals surface area (Å²) in [6.45, 7) is 0.132. The van der Waals surface area contributed by atoms with Crippen LogP contribution in [0.25, 0.3) is 0 Å². The van der Waals surface area contributed by atoms with Crippen LogP contribution in [0.2, 0.25) is 5.02 Å². The summed E-state index contributed by atoms with van der Waals surface area (Å²) in [5, 5.41) is 0.433. The van der Waals surface area contributed by atoms with Gasteiger partial charge in [0.15, 0.2) is 0 Å². The van der Waals surface area contributed by atoms with Crippen molar-refractivity contribution >= 4 is 33.0 Å². The van der Waals surface area contributed by atoms with Gasteiger partial charge in [-0.3, -0.25) is 4.31 Å². The summed E-state index contributed by atoms with van der Waals surface area (Å²) in [5.41, 5.74) is 6.45. The molecule has 1 aromatic rings. The van der Waals surface area contributed by atoms with E-state index in [1.54, 1.807) is 12.1 Å². The molecule has 0 saturated heterocycles. The number of sulfonamides is 1. The minimum Gasteiger partial charge on any atom is -0.397 e. The summed E-state index contributed by atoms with van der Waals surface area (Å²) in [5.74, 6) is -0.105. The Bertz CT molecular complexity index is 490. The van der Waals surface area contributed by atoms with Crippen molar-refractivity contribution in [1.29, 1.82) is 0 Å². The lowest BCUT2D eigenvalue weighted by molar-refractivity contribution is 0.217. The number of benzene rings is 1. The Hall–Kier alpha value is -0.980. The highest BCUT2D eigenvalue weighted by Gasteiger charge is 2.20. The third-order valence-corrected chi connectivity index (χ3v) is 4.24. The van der Waals surface area contributed by atoms with Crippen molar-refractivity contribution in [3.8, 4) is 0 Å². The molecule has 1 aromatic carbocycles. The van der Waals surface area contributed by atoms with Crippen molar-refractivity contribution in [2.45, 2.75) is 0 Å². The summed E-state index contributed by atoms with van der Waals surface area (Å²) in [7, 11) is -0.560. The molecule has 0 atom stereocenters. The highest BCUT2D eigenvalue weighted by atomic mass is 35.5. The SMILES string of the molecule is COCCS(=O)(=O)N(C)c1cc(Cl)ccc1N. The molecule has 0 aromatic heterocycles. The van der Waals surface area contributed by atoms with Gasteiger partial charge in [-0.2, -0.15) is 0 Å². The number of hydrogen-bond acceptors (Lipinski definition) is 4. The maximum Gasteiger partial charge on any atom is 0.237 e. The first kappa shape index (κ1) is 14.1. The Labute approximate surface area is 106 Å². The minimum atomic E-state index is -3.45. The zero-order chi connectivity index (χ0) is 13.1. The van der Waals surface area contributed by atoms with Crippen LogP contribution >= 0.6 is 11.6 Å². The molecule has 0 radical (unpaired) electrons. The van der Waals surface area contributed by atoms with Gasteiger partial charge in [-0.05, 0) is 18.2 Å². The Morgan fingerprint density at radius 2 is 2.12 bits per heavy atom. The molecule has 96 valence electrons. The predicted octanol–water partition coefficient (Wildman–Crippen LogP) is 1.33. The van der Waals surface area contributed by atoms with Crippen molar-refractivity contribution in [2.24, 2.45) is 0 Å². The second kappa shape index (κ2) is 5.57. The van der Waals surface area contributed by atoms with Crippen LogP contribution in [0.4, 0.5) is 11.4 Å². The van der Waals surface area contributed by atoms with E-state index in [1.165, 1.54) is 20.2 Å². The highest BCUT2D eigenvalue weighted by molar-refractivity contribution is 7.92. The van der Waals surface area contributed by atoms with Crippen LogP contribution in [0, 0.1) is 0 Å². The van der Waals surface area contributed by atoms with Crippen LogP contribution in [0.15, 0.2) is 18.2 Å². The Balaban J connectivity index is 3.03. The van der Waals surface area contributed by atoms with Crippen molar-refractivity contribution in [3.63, 3.8) is 0 Å². The summed E-state index contributed by atoms with van der Waals surface area (Å²) < 4.78 is 29.7. The maximum atomic E-state index is 11.9. The lowest BCUT2D eigenvalue weighted by Gasteiger charge is -2.21. The molecule has 0 aliphatic carbocycles. The molecule has 0 unspecified atom stereocenters. The zero-order valence-corrected chi connectivity index (χ0v) is 11.3. The third-order valence-electron chi connectivity index (χ3n) is 2.29. The summed E-state index contributed by atoms with van der Waals surface area (Å²) in [6, 6.07) is 4.69. The smallest absolute Gasteiger partial charge is 0.237 e. The van der Waals surface area contributed by atoms with Gasteiger partial charge in [0.1, 0.15) is 0 Å². The monoisotopic (exact) mass is 278 g/mol. The largest absolute Gasteiger partial charge is 0.397 e. The molecule has 5 nitrogen and oxygen atoms in total. The van der Waals surface area contributed by atoms with Gasteiger partial charge < -0.3 is 10.5 Å². The van der Waals surface area contributed by atoms with Crippen LogP contribution < -0.4 is 10.0 Å². The van der Waals surface area contributed by atoms with Crippen molar-refractivity contribution in [1.82, 2.24) is 0 Å². The number of anilines is 2. The first-order valence-electron chi connectivity index (χ1n) is 4.89. The van der Waals surface area contributed by atoms with Crippen LogP contribution in [-0.4, -0.2) is 34.9 Å². The number of ether oxygens (including phenoxy) is 1. The summed E-state index contributed by atoms with van der Waals surface area (Å²) in [4.78, 5) is 0. The summed E-state index contributed by atoms with van der Waals surface area (Å²) >= 11 is 5.81. The number of halogens is 1. The normalized spacial score (nSPS) is 11.5. The Morgan fingerprint density at radius 1 is 1.47 bits per heavy atom. The van der Waals surface area contributed by atoms with Crippen LogP contribution in [0.3, 0.4) is 0 Å². The van der Waals surface area contributed by atoms with Crippen molar-refractivity contribution in [3.05, 3.63) is 23.2 Å². The fourth-order valence-electron chi connectivity index (χ4n) is 1.26. The Kier molecular flexibility index (Phi) is 4.62. The number of nitrogens with zero attached hydrogens (tertiary/aromatic N) is 1. The van der Waals surface area contributed by atoms with E-state index in [2.05, 4.69) is 0 Å². The van der Waals surface area contributed by atoms with E-state index in [-0.39, 0.29) is 12.4 Å². The first-order valence-corrected chi connectivity index (χ1v) is 6.88. The standard InChI is InChI=1S/C10H15ClN2O3S/c1-13(17(14,15)6-5-16-2)10-7-8(11)3-4-9(10)12/h3-4,7H,5-6,12H2,1-2H3. The van der Waals surface area contributed by atoms with Crippen LogP contribution in [0.5, 0.6) is 0 Å². The fraction of sp³-hybridized carbons (Fsp3) is 0.400. The molecule has 7 heteroatoms. The third kappa shape index (κ3) is 3.49. The molecule has 17 heavy (non-hydrogen) atoms. The number of nitrogen functional groups attached to an aromatic ring is 1. The molecule has 1 rings (SSSR count). The van der Waals surface area contributed by atoms with Gasteiger partial charge in [-0.15, -0.1) is 0 Å². The van der Waals surface area contributed by atoms with Gasteiger partial charge in [0.2, 0.25) is 10.0 Å². The second-order valence-corrected chi connectivity index (χ2v) is 6.04.